The van der Waals surface area contributed by atoms with Gasteiger partial charge in [-0.05, 0) is 13.3 Å². The quantitative estimate of drug-likeness (QED) is 0.538. The SMILES string of the molecule is CC[C@@H](C)OCCCl. The van der Waals surface area contributed by atoms with E-state index in [1.807, 2.05) is 6.92 Å². The Morgan fingerprint density at radius 2 is 2.25 bits per heavy atom. The molecular formula is C6H13ClO. The molecule has 0 amide bonds. The van der Waals surface area contributed by atoms with Crippen molar-refractivity contribution in [2.75, 3.05) is 12.5 Å². The molecule has 0 fully saturated rings. The van der Waals surface area contributed by atoms with Gasteiger partial charge in [0, 0.05) is 5.88 Å². The average Bonchev–Trinajstić information content (AvgIpc) is 1.83. The van der Waals surface area contributed by atoms with Gasteiger partial charge in [0.1, 0.15) is 0 Å². The second-order valence-corrected chi connectivity index (χ2v) is 2.16. The Morgan fingerprint density at radius 3 is 2.62 bits per heavy atom. The van der Waals surface area contributed by atoms with Crippen LogP contribution >= 0.6 is 11.6 Å². The first-order chi connectivity index (χ1) is 3.81. The minimum Gasteiger partial charge on any atom is -0.377 e. The minimum absolute atomic E-state index is 0.369. The van der Waals surface area contributed by atoms with E-state index in [-0.39, 0.29) is 0 Å². The third kappa shape index (κ3) is 4.41. The Bertz CT molecular complexity index is 47.8. The van der Waals surface area contributed by atoms with Crippen molar-refractivity contribution in [3.8, 4) is 0 Å². The summed E-state index contributed by atoms with van der Waals surface area (Å²) in [5, 5.41) is 0. The summed E-state index contributed by atoms with van der Waals surface area (Å²) in [5.41, 5.74) is 0. The van der Waals surface area contributed by atoms with Gasteiger partial charge in [0.15, 0.2) is 0 Å². The van der Waals surface area contributed by atoms with Gasteiger partial charge in [-0.1, -0.05) is 6.92 Å². The molecule has 0 aromatic carbocycles. The number of alkyl halides is 1. The number of ether oxygens (including phenoxy) is 1. The van der Waals surface area contributed by atoms with E-state index in [9.17, 15) is 0 Å². The van der Waals surface area contributed by atoms with Crippen LogP contribution in [0.3, 0.4) is 0 Å². The highest BCUT2D eigenvalue weighted by Crippen LogP contribution is 1.94. The van der Waals surface area contributed by atoms with Crippen LogP contribution < -0.4 is 0 Å². The topological polar surface area (TPSA) is 9.23 Å². The normalized spacial score (nSPS) is 13.9. The molecule has 50 valence electrons. The van der Waals surface area contributed by atoms with Crippen molar-refractivity contribution >= 4 is 11.6 Å². The van der Waals surface area contributed by atoms with Gasteiger partial charge in [-0.25, -0.2) is 0 Å². The lowest BCUT2D eigenvalue weighted by Gasteiger charge is -2.07. The lowest BCUT2D eigenvalue weighted by Crippen LogP contribution is -2.07. The Kier molecular flexibility index (Phi) is 5.56. The van der Waals surface area contributed by atoms with Gasteiger partial charge in [-0.3, -0.25) is 0 Å². The van der Waals surface area contributed by atoms with Gasteiger partial charge in [0.05, 0.1) is 12.7 Å². The smallest absolute Gasteiger partial charge is 0.0605 e. The summed E-state index contributed by atoms with van der Waals surface area (Å²) in [6, 6.07) is 0. The molecule has 0 aliphatic heterocycles. The van der Waals surface area contributed by atoms with Gasteiger partial charge < -0.3 is 4.74 Å². The number of hydrogen-bond donors (Lipinski definition) is 0. The summed E-state index contributed by atoms with van der Waals surface area (Å²) >= 11 is 5.38. The molecule has 0 radical (unpaired) electrons. The molecule has 2 heteroatoms. The summed E-state index contributed by atoms with van der Waals surface area (Å²) in [6.45, 7) is 4.82. The van der Waals surface area contributed by atoms with Crippen molar-refractivity contribution in [1.82, 2.24) is 0 Å². The zero-order valence-electron chi connectivity index (χ0n) is 5.48. The molecule has 1 atom stereocenters. The highest BCUT2D eigenvalue weighted by Gasteiger charge is 1.94. The van der Waals surface area contributed by atoms with Gasteiger partial charge in [-0.15, -0.1) is 11.6 Å². The monoisotopic (exact) mass is 136 g/mol. The van der Waals surface area contributed by atoms with E-state index in [1.165, 1.54) is 0 Å². The predicted octanol–water partition coefficient (Wildman–Crippen LogP) is 2.04. The molecule has 1 nitrogen and oxygen atoms in total. The third-order valence-electron chi connectivity index (χ3n) is 1.05. The van der Waals surface area contributed by atoms with E-state index in [2.05, 4.69) is 6.92 Å². The molecule has 0 bridgehead atoms. The molecule has 0 aromatic rings. The first kappa shape index (κ1) is 8.25. The molecule has 0 aromatic heterocycles. The minimum atomic E-state index is 0.369. The van der Waals surface area contributed by atoms with Gasteiger partial charge in [0.25, 0.3) is 0 Å². The van der Waals surface area contributed by atoms with Crippen LogP contribution in [0.4, 0.5) is 0 Å². The van der Waals surface area contributed by atoms with E-state index in [4.69, 9.17) is 16.3 Å². The van der Waals surface area contributed by atoms with Crippen molar-refractivity contribution in [2.45, 2.75) is 26.4 Å². The van der Waals surface area contributed by atoms with Crippen LogP contribution in [0.5, 0.6) is 0 Å². The average molecular weight is 137 g/mol. The fraction of sp³-hybridized carbons (Fsp3) is 1.00. The zero-order valence-corrected chi connectivity index (χ0v) is 6.24. The van der Waals surface area contributed by atoms with Crippen LogP contribution in [0.2, 0.25) is 0 Å². The van der Waals surface area contributed by atoms with Crippen LogP contribution in [0.15, 0.2) is 0 Å². The predicted molar refractivity (Wildman–Crippen MR) is 36.4 cm³/mol. The summed E-state index contributed by atoms with van der Waals surface area (Å²) in [4.78, 5) is 0. The fourth-order valence-electron chi connectivity index (χ4n) is 0.364. The summed E-state index contributed by atoms with van der Waals surface area (Å²) in [5.74, 6) is 0.602. The molecule has 0 unspecified atom stereocenters. The molecule has 0 spiro atoms. The zero-order chi connectivity index (χ0) is 6.41. The molecule has 0 saturated carbocycles. The summed E-state index contributed by atoms with van der Waals surface area (Å²) in [6.07, 6.45) is 1.44. The maximum Gasteiger partial charge on any atom is 0.0605 e. The Balaban J connectivity index is 2.86. The summed E-state index contributed by atoms with van der Waals surface area (Å²) < 4.78 is 5.21. The van der Waals surface area contributed by atoms with E-state index < -0.39 is 0 Å². The van der Waals surface area contributed by atoms with Crippen molar-refractivity contribution in [3.63, 3.8) is 0 Å². The number of rotatable bonds is 4. The molecule has 0 aliphatic rings. The first-order valence-electron chi connectivity index (χ1n) is 2.98. The van der Waals surface area contributed by atoms with Crippen molar-refractivity contribution < 1.29 is 4.74 Å². The fourth-order valence-corrected chi connectivity index (χ4v) is 0.453. The molecule has 0 saturated heterocycles. The molecule has 0 rings (SSSR count). The van der Waals surface area contributed by atoms with Crippen LogP contribution in [0, 0.1) is 0 Å². The van der Waals surface area contributed by atoms with Crippen LogP contribution in [-0.4, -0.2) is 18.6 Å². The highest BCUT2D eigenvalue weighted by molar-refractivity contribution is 6.17. The molecule has 8 heavy (non-hydrogen) atoms. The third-order valence-corrected chi connectivity index (χ3v) is 1.21. The van der Waals surface area contributed by atoms with Crippen LogP contribution in [0.1, 0.15) is 20.3 Å². The standard InChI is InChI=1S/C6H13ClO/c1-3-6(2)8-5-4-7/h6H,3-5H2,1-2H3/t6-/m1/s1. The molecular weight excluding hydrogens is 124 g/mol. The van der Waals surface area contributed by atoms with Crippen molar-refractivity contribution in [3.05, 3.63) is 0 Å². The number of hydrogen-bond acceptors (Lipinski definition) is 1. The largest absolute Gasteiger partial charge is 0.377 e. The second kappa shape index (κ2) is 5.39. The Morgan fingerprint density at radius 1 is 1.62 bits per heavy atom. The van der Waals surface area contributed by atoms with Crippen molar-refractivity contribution in [1.29, 1.82) is 0 Å². The maximum absolute atomic E-state index is 5.38. The van der Waals surface area contributed by atoms with Crippen LogP contribution in [-0.2, 0) is 4.74 Å². The first-order valence-corrected chi connectivity index (χ1v) is 3.52. The van der Waals surface area contributed by atoms with E-state index in [0.717, 1.165) is 6.42 Å². The van der Waals surface area contributed by atoms with Gasteiger partial charge >= 0.3 is 0 Å². The molecule has 0 heterocycles. The lowest BCUT2D eigenvalue weighted by molar-refractivity contribution is 0.0753. The van der Waals surface area contributed by atoms with E-state index >= 15 is 0 Å². The number of halogens is 1. The summed E-state index contributed by atoms with van der Waals surface area (Å²) in [7, 11) is 0. The Labute approximate surface area is 56.0 Å². The second-order valence-electron chi connectivity index (χ2n) is 1.78. The molecule has 0 aliphatic carbocycles. The van der Waals surface area contributed by atoms with E-state index in [0.29, 0.717) is 18.6 Å². The van der Waals surface area contributed by atoms with Crippen molar-refractivity contribution in [2.24, 2.45) is 0 Å². The Hall–Kier alpha value is 0.250. The highest BCUT2D eigenvalue weighted by atomic mass is 35.5. The van der Waals surface area contributed by atoms with Crippen LogP contribution in [0.25, 0.3) is 0 Å². The van der Waals surface area contributed by atoms with E-state index in [1.54, 1.807) is 0 Å². The maximum atomic E-state index is 5.38. The lowest BCUT2D eigenvalue weighted by atomic mass is 10.3. The van der Waals surface area contributed by atoms with Gasteiger partial charge in [-0.2, -0.15) is 0 Å². The van der Waals surface area contributed by atoms with Gasteiger partial charge in [0.2, 0.25) is 0 Å². The molecule has 0 N–H and O–H groups in total.